The summed E-state index contributed by atoms with van der Waals surface area (Å²) in [6.45, 7) is 7.33. The van der Waals surface area contributed by atoms with E-state index in [1.54, 1.807) is 6.92 Å². The van der Waals surface area contributed by atoms with Gasteiger partial charge in [-0.05, 0) is 27.7 Å². The zero-order chi connectivity index (χ0) is 14.1. The summed E-state index contributed by atoms with van der Waals surface area (Å²) in [5, 5.41) is 5.71. The highest BCUT2D eigenvalue weighted by molar-refractivity contribution is 6.05. The van der Waals surface area contributed by atoms with Gasteiger partial charge in [0.25, 0.3) is 0 Å². The largest absolute Gasteiger partial charge is 0.350 e. The third-order valence-electron chi connectivity index (χ3n) is 2.72. The fourth-order valence-electron chi connectivity index (χ4n) is 1.74. The Morgan fingerprint density at radius 1 is 1.39 bits per heavy atom. The summed E-state index contributed by atoms with van der Waals surface area (Å²) in [6, 6.07) is -1.11. The summed E-state index contributed by atoms with van der Waals surface area (Å²) in [5.41, 5.74) is -0.320. The average molecular weight is 255 g/mol. The van der Waals surface area contributed by atoms with Crippen molar-refractivity contribution in [3.63, 3.8) is 0 Å². The van der Waals surface area contributed by atoms with Gasteiger partial charge < -0.3 is 5.32 Å². The summed E-state index contributed by atoms with van der Waals surface area (Å²) in [4.78, 5) is 35.9. The molecule has 0 radical (unpaired) electrons. The minimum absolute atomic E-state index is 0.114. The first-order valence-corrected chi connectivity index (χ1v) is 6.00. The minimum Gasteiger partial charge on any atom is -0.350 e. The Kier molecular flexibility index (Phi) is 4.11. The van der Waals surface area contributed by atoms with Gasteiger partial charge in [-0.15, -0.1) is 0 Å². The fraction of sp³-hybridized carbons (Fsp3) is 0.750. The molecule has 2 N–H and O–H groups in total. The molecule has 0 saturated carbocycles. The second-order valence-electron chi connectivity index (χ2n) is 5.68. The molecule has 1 saturated heterocycles. The van der Waals surface area contributed by atoms with E-state index in [9.17, 15) is 14.4 Å². The van der Waals surface area contributed by atoms with Crippen molar-refractivity contribution in [1.82, 2.24) is 15.5 Å². The predicted molar refractivity (Wildman–Crippen MR) is 66.7 cm³/mol. The van der Waals surface area contributed by atoms with Crippen LogP contribution in [0, 0.1) is 0 Å². The summed E-state index contributed by atoms with van der Waals surface area (Å²) in [5.74, 6) is -0.686. The van der Waals surface area contributed by atoms with Crippen LogP contribution in [0.4, 0.5) is 0 Å². The first-order valence-electron chi connectivity index (χ1n) is 6.00. The molecule has 1 aliphatic rings. The van der Waals surface area contributed by atoms with E-state index in [0.29, 0.717) is 0 Å². The van der Waals surface area contributed by atoms with E-state index in [2.05, 4.69) is 10.6 Å². The van der Waals surface area contributed by atoms with Crippen molar-refractivity contribution >= 4 is 17.7 Å². The summed E-state index contributed by atoms with van der Waals surface area (Å²) in [6.07, 6.45) is 0.114. The number of carbonyl (C=O) groups is 3. The molecular weight excluding hydrogens is 234 g/mol. The zero-order valence-corrected chi connectivity index (χ0v) is 11.5. The lowest BCUT2D eigenvalue weighted by molar-refractivity contribution is -0.137. The van der Waals surface area contributed by atoms with Crippen LogP contribution < -0.4 is 10.6 Å². The third kappa shape index (κ3) is 3.53. The van der Waals surface area contributed by atoms with E-state index >= 15 is 0 Å². The second-order valence-corrected chi connectivity index (χ2v) is 5.68. The monoisotopic (exact) mass is 255 g/mol. The average Bonchev–Trinajstić information content (AvgIpc) is 2.44. The number of rotatable bonds is 3. The molecule has 0 aromatic rings. The Morgan fingerprint density at radius 2 is 1.94 bits per heavy atom. The Bertz CT molecular complexity index is 373. The molecule has 102 valence electrons. The molecule has 0 aromatic carbocycles. The molecule has 2 atom stereocenters. The van der Waals surface area contributed by atoms with Crippen LogP contribution in [0.3, 0.4) is 0 Å². The van der Waals surface area contributed by atoms with E-state index in [1.807, 2.05) is 20.8 Å². The molecule has 1 heterocycles. The molecule has 0 aromatic heterocycles. The van der Waals surface area contributed by atoms with Crippen molar-refractivity contribution < 1.29 is 14.4 Å². The van der Waals surface area contributed by atoms with Crippen LogP contribution in [0.5, 0.6) is 0 Å². The van der Waals surface area contributed by atoms with Crippen LogP contribution in [-0.4, -0.2) is 47.3 Å². The van der Waals surface area contributed by atoms with E-state index in [-0.39, 0.29) is 29.7 Å². The van der Waals surface area contributed by atoms with Gasteiger partial charge >= 0.3 is 0 Å². The molecular formula is C12H21N3O3. The van der Waals surface area contributed by atoms with Crippen LogP contribution >= 0.6 is 0 Å². The molecule has 2 unspecified atom stereocenters. The van der Waals surface area contributed by atoms with Crippen molar-refractivity contribution in [3.8, 4) is 0 Å². The first kappa shape index (κ1) is 14.6. The number of likely N-dealkylation sites (N-methyl/N-ethyl adjacent to an activating group) is 1. The maximum atomic E-state index is 11.8. The van der Waals surface area contributed by atoms with Crippen molar-refractivity contribution in [2.75, 3.05) is 7.05 Å². The molecule has 6 nitrogen and oxygen atoms in total. The quantitative estimate of drug-likeness (QED) is 0.675. The van der Waals surface area contributed by atoms with Crippen molar-refractivity contribution in [1.29, 1.82) is 0 Å². The summed E-state index contributed by atoms with van der Waals surface area (Å²) >= 11 is 0. The Hall–Kier alpha value is -1.43. The van der Waals surface area contributed by atoms with Crippen LogP contribution in [0.2, 0.25) is 0 Å². The van der Waals surface area contributed by atoms with Crippen molar-refractivity contribution in [2.24, 2.45) is 0 Å². The van der Waals surface area contributed by atoms with Gasteiger partial charge in [-0.2, -0.15) is 0 Å². The standard InChI is InChI=1S/C12H21N3O3/c1-7(10(17)14-12(2,3)4)13-8-6-9(16)15(5)11(8)18/h7-8,13H,6H2,1-5H3,(H,14,17). The van der Waals surface area contributed by atoms with Gasteiger partial charge in [0.2, 0.25) is 17.7 Å². The highest BCUT2D eigenvalue weighted by Crippen LogP contribution is 2.11. The topological polar surface area (TPSA) is 78.5 Å². The first-order chi connectivity index (χ1) is 8.11. The van der Waals surface area contributed by atoms with E-state index in [1.165, 1.54) is 7.05 Å². The highest BCUT2D eigenvalue weighted by Gasteiger charge is 2.37. The van der Waals surface area contributed by atoms with Gasteiger partial charge in [-0.25, -0.2) is 0 Å². The third-order valence-corrected chi connectivity index (χ3v) is 2.72. The number of imide groups is 1. The predicted octanol–water partition coefficient (Wildman–Crippen LogP) is -0.363. The second kappa shape index (κ2) is 5.06. The van der Waals surface area contributed by atoms with Gasteiger partial charge in [-0.1, -0.05) is 0 Å². The molecule has 0 aliphatic carbocycles. The number of amides is 3. The lowest BCUT2D eigenvalue weighted by Gasteiger charge is -2.24. The molecule has 1 aliphatic heterocycles. The Labute approximate surface area is 107 Å². The van der Waals surface area contributed by atoms with E-state index in [4.69, 9.17) is 0 Å². The SMILES string of the molecule is CC(NC1CC(=O)N(C)C1=O)C(=O)NC(C)(C)C. The minimum atomic E-state index is -0.594. The molecule has 0 bridgehead atoms. The summed E-state index contributed by atoms with van der Waals surface area (Å²) < 4.78 is 0. The lowest BCUT2D eigenvalue weighted by atomic mass is 10.1. The number of carbonyl (C=O) groups excluding carboxylic acids is 3. The number of likely N-dealkylation sites (tertiary alicyclic amines) is 1. The van der Waals surface area contributed by atoms with E-state index in [0.717, 1.165) is 4.90 Å². The van der Waals surface area contributed by atoms with Crippen LogP contribution in [-0.2, 0) is 14.4 Å². The Balaban J connectivity index is 2.56. The molecule has 1 rings (SSSR count). The number of hydrogen-bond donors (Lipinski definition) is 2. The van der Waals surface area contributed by atoms with Crippen LogP contribution in [0.15, 0.2) is 0 Å². The zero-order valence-electron chi connectivity index (χ0n) is 11.5. The van der Waals surface area contributed by atoms with Gasteiger partial charge in [0.1, 0.15) is 0 Å². The maximum Gasteiger partial charge on any atom is 0.246 e. The number of nitrogens with one attached hydrogen (secondary N) is 2. The molecule has 1 fully saturated rings. The Morgan fingerprint density at radius 3 is 2.33 bits per heavy atom. The fourth-order valence-corrected chi connectivity index (χ4v) is 1.74. The van der Waals surface area contributed by atoms with Crippen LogP contribution in [0.1, 0.15) is 34.1 Å². The molecule has 6 heteroatoms. The van der Waals surface area contributed by atoms with Gasteiger partial charge in [-0.3, -0.25) is 24.6 Å². The van der Waals surface area contributed by atoms with Crippen molar-refractivity contribution in [3.05, 3.63) is 0 Å². The van der Waals surface area contributed by atoms with Gasteiger partial charge in [0.15, 0.2) is 0 Å². The molecule has 0 spiro atoms. The number of hydrogen-bond acceptors (Lipinski definition) is 4. The smallest absolute Gasteiger partial charge is 0.246 e. The lowest BCUT2D eigenvalue weighted by Crippen LogP contribution is -2.53. The molecule has 3 amide bonds. The number of nitrogens with zero attached hydrogens (tertiary/aromatic N) is 1. The van der Waals surface area contributed by atoms with Gasteiger partial charge in [0.05, 0.1) is 18.5 Å². The maximum absolute atomic E-state index is 11.8. The van der Waals surface area contributed by atoms with E-state index < -0.39 is 12.1 Å². The summed E-state index contributed by atoms with van der Waals surface area (Å²) in [7, 11) is 1.45. The van der Waals surface area contributed by atoms with Crippen molar-refractivity contribution in [2.45, 2.75) is 51.7 Å². The van der Waals surface area contributed by atoms with Crippen LogP contribution in [0.25, 0.3) is 0 Å². The normalized spacial score (nSPS) is 22.3. The molecule has 18 heavy (non-hydrogen) atoms. The van der Waals surface area contributed by atoms with Gasteiger partial charge in [0, 0.05) is 12.6 Å². The highest BCUT2D eigenvalue weighted by atomic mass is 16.2.